The molecule has 1 aliphatic heterocycles. The van der Waals surface area contributed by atoms with E-state index in [1.165, 1.54) is 42.2 Å². The standard InChI is InChI=1S/C19H20FN3O3S2/c1-11(24)23-8-6-14-15(10-23)28-19(17(14)18(21)26)22-16(25)7-9-27-13-4-2-12(20)3-5-13/h2-5H,6-10H2,1H3,(H2,21,26)(H,22,25). The third-order valence-corrected chi connectivity index (χ3v) is 6.56. The first-order chi connectivity index (χ1) is 13.3. The summed E-state index contributed by atoms with van der Waals surface area (Å²) in [6.07, 6.45) is 0.780. The van der Waals surface area contributed by atoms with Gasteiger partial charge in [-0.25, -0.2) is 4.39 Å². The highest BCUT2D eigenvalue weighted by molar-refractivity contribution is 7.99. The van der Waals surface area contributed by atoms with Gasteiger partial charge in [-0.2, -0.15) is 0 Å². The van der Waals surface area contributed by atoms with Crippen LogP contribution in [0.15, 0.2) is 29.2 Å². The second-order valence-corrected chi connectivity index (χ2v) is 8.64. The zero-order valence-corrected chi connectivity index (χ0v) is 16.9. The first kappa shape index (κ1) is 20.3. The van der Waals surface area contributed by atoms with E-state index >= 15 is 0 Å². The zero-order valence-electron chi connectivity index (χ0n) is 15.3. The van der Waals surface area contributed by atoms with Crippen LogP contribution >= 0.6 is 23.1 Å². The van der Waals surface area contributed by atoms with Crippen LogP contribution < -0.4 is 11.1 Å². The number of benzene rings is 1. The monoisotopic (exact) mass is 421 g/mol. The second kappa shape index (κ2) is 8.74. The Labute approximate surface area is 170 Å². The summed E-state index contributed by atoms with van der Waals surface area (Å²) in [7, 11) is 0. The fraction of sp³-hybridized carbons (Fsp3) is 0.316. The number of fused-ring (bicyclic) bond motifs is 1. The number of amides is 3. The van der Waals surface area contributed by atoms with Gasteiger partial charge in [-0.05, 0) is 36.2 Å². The number of hydrogen-bond acceptors (Lipinski definition) is 5. The Morgan fingerprint density at radius 2 is 2.00 bits per heavy atom. The van der Waals surface area contributed by atoms with Gasteiger partial charge < -0.3 is 16.0 Å². The quantitative estimate of drug-likeness (QED) is 0.702. The SMILES string of the molecule is CC(=O)N1CCc2c(sc(NC(=O)CCSc3ccc(F)cc3)c2C(N)=O)C1. The van der Waals surface area contributed by atoms with Gasteiger partial charge >= 0.3 is 0 Å². The molecule has 1 aliphatic rings. The van der Waals surface area contributed by atoms with Gasteiger partial charge in [-0.15, -0.1) is 23.1 Å². The summed E-state index contributed by atoms with van der Waals surface area (Å²) in [5, 5.41) is 3.23. The van der Waals surface area contributed by atoms with E-state index in [0.29, 0.717) is 35.8 Å². The Kier molecular flexibility index (Phi) is 6.35. The maximum Gasteiger partial charge on any atom is 0.251 e. The van der Waals surface area contributed by atoms with E-state index in [-0.39, 0.29) is 24.1 Å². The lowest BCUT2D eigenvalue weighted by atomic mass is 10.0. The van der Waals surface area contributed by atoms with E-state index in [9.17, 15) is 18.8 Å². The third-order valence-electron chi connectivity index (χ3n) is 4.41. The lowest BCUT2D eigenvalue weighted by Crippen LogP contribution is -2.34. The molecule has 1 aromatic heterocycles. The van der Waals surface area contributed by atoms with Crippen LogP contribution in [0, 0.1) is 5.82 Å². The van der Waals surface area contributed by atoms with Gasteiger partial charge in [0.25, 0.3) is 5.91 Å². The summed E-state index contributed by atoms with van der Waals surface area (Å²) in [6.45, 7) is 2.46. The molecule has 0 bridgehead atoms. The minimum absolute atomic E-state index is 0.0249. The van der Waals surface area contributed by atoms with Crippen molar-refractivity contribution in [1.29, 1.82) is 0 Å². The minimum Gasteiger partial charge on any atom is -0.365 e. The van der Waals surface area contributed by atoms with Crippen LogP contribution in [0.2, 0.25) is 0 Å². The molecule has 0 atom stereocenters. The van der Waals surface area contributed by atoms with E-state index in [1.54, 1.807) is 17.0 Å². The van der Waals surface area contributed by atoms with Gasteiger partial charge in [0.15, 0.2) is 0 Å². The van der Waals surface area contributed by atoms with Crippen molar-refractivity contribution in [2.75, 3.05) is 17.6 Å². The van der Waals surface area contributed by atoms with Crippen LogP contribution in [0.5, 0.6) is 0 Å². The normalized spacial score (nSPS) is 13.1. The largest absolute Gasteiger partial charge is 0.365 e. The Balaban J connectivity index is 1.64. The summed E-state index contributed by atoms with van der Waals surface area (Å²) in [6, 6.07) is 6.08. The lowest BCUT2D eigenvalue weighted by molar-refractivity contribution is -0.129. The second-order valence-electron chi connectivity index (χ2n) is 6.36. The predicted molar refractivity (Wildman–Crippen MR) is 108 cm³/mol. The number of halogens is 1. The molecule has 0 unspecified atom stereocenters. The van der Waals surface area contributed by atoms with E-state index < -0.39 is 5.91 Å². The van der Waals surface area contributed by atoms with Crippen LogP contribution in [-0.4, -0.2) is 34.9 Å². The molecule has 3 N–H and O–H groups in total. The smallest absolute Gasteiger partial charge is 0.251 e. The fourth-order valence-electron chi connectivity index (χ4n) is 3.00. The summed E-state index contributed by atoms with van der Waals surface area (Å²) in [5.74, 6) is -0.606. The lowest BCUT2D eigenvalue weighted by Gasteiger charge is -2.25. The number of thioether (sulfide) groups is 1. The average molecular weight is 422 g/mol. The number of nitrogens with one attached hydrogen (secondary N) is 1. The van der Waals surface area contributed by atoms with Crippen molar-refractivity contribution in [2.24, 2.45) is 5.73 Å². The first-order valence-electron chi connectivity index (χ1n) is 8.73. The number of carbonyl (C=O) groups is 3. The molecule has 0 spiro atoms. The molecule has 28 heavy (non-hydrogen) atoms. The van der Waals surface area contributed by atoms with Gasteiger partial charge in [0.2, 0.25) is 11.8 Å². The summed E-state index contributed by atoms with van der Waals surface area (Å²) < 4.78 is 12.9. The molecule has 2 aromatic rings. The van der Waals surface area contributed by atoms with Crippen molar-refractivity contribution in [3.63, 3.8) is 0 Å². The minimum atomic E-state index is -0.579. The molecule has 3 rings (SSSR count). The number of primary amides is 1. The Hall–Kier alpha value is -2.39. The van der Waals surface area contributed by atoms with Gasteiger partial charge in [-0.1, -0.05) is 0 Å². The van der Waals surface area contributed by atoms with Gasteiger partial charge in [0.1, 0.15) is 10.8 Å². The number of nitrogens with zero attached hydrogens (tertiary/aromatic N) is 1. The third kappa shape index (κ3) is 4.71. The first-order valence-corrected chi connectivity index (χ1v) is 10.5. The summed E-state index contributed by atoms with van der Waals surface area (Å²) in [5.41, 5.74) is 6.72. The van der Waals surface area contributed by atoms with E-state index in [1.807, 2.05) is 0 Å². The van der Waals surface area contributed by atoms with E-state index in [2.05, 4.69) is 5.32 Å². The van der Waals surface area contributed by atoms with Gasteiger partial charge in [0, 0.05) is 35.4 Å². The molecule has 6 nitrogen and oxygen atoms in total. The Morgan fingerprint density at radius 1 is 1.29 bits per heavy atom. The molecule has 148 valence electrons. The molecule has 0 radical (unpaired) electrons. The molecule has 9 heteroatoms. The predicted octanol–water partition coefficient (Wildman–Crippen LogP) is 3.01. The van der Waals surface area contributed by atoms with Crippen LogP contribution in [0.25, 0.3) is 0 Å². The average Bonchev–Trinajstić information content (AvgIpc) is 3.00. The van der Waals surface area contributed by atoms with Crippen molar-refractivity contribution in [3.05, 3.63) is 46.1 Å². The highest BCUT2D eigenvalue weighted by Crippen LogP contribution is 2.37. The number of anilines is 1. The highest BCUT2D eigenvalue weighted by atomic mass is 32.2. The zero-order chi connectivity index (χ0) is 20.3. The number of carbonyl (C=O) groups excluding carboxylic acids is 3. The summed E-state index contributed by atoms with van der Waals surface area (Å²) in [4.78, 5) is 39.3. The Morgan fingerprint density at radius 3 is 2.64 bits per heavy atom. The summed E-state index contributed by atoms with van der Waals surface area (Å²) >= 11 is 2.75. The van der Waals surface area contributed by atoms with Crippen molar-refractivity contribution < 1.29 is 18.8 Å². The van der Waals surface area contributed by atoms with Crippen LogP contribution in [-0.2, 0) is 22.6 Å². The maximum atomic E-state index is 12.9. The molecule has 0 fully saturated rings. The fourth-order valence-corrected chi connectivity index (χ4v) is 5.14. The molecule has 0 aliphatic carbocycles. The van der Waals surface area contributed by atoms with E-state index in [4.69, 9.17) is 5.73 Å². The molecule has 1 aromatic carbocycles. The highest BCUT2D eigenvalue weighted by Gasteiger charge is 2.28. The van der Waals surface area contributed by atoms with Crippen molar-refractivity contribution in [3.8, 4) is 0 Å². The van der Waals surface area contributed by atoms with E-state index in [0.717, 1.165) is 15.3 Å². The van der Waals surface area contributed by atoms with Crippen molar-refractivity contribution in [2.45, 2.75) is 31.2 Å². The number of hydrogen-bond donors (Lipinski definition) is 2. The molecule has 0 saturated heterocycles. The Bertz CT molecular complexity index is 912. The maximum absolute atomic E-state index is 12.9. The van der Waals surface area contributed by atoms with Gasteiger partial charge in [0.05, 0.1) is 12.1 Å². The molecular formula is C19H20FN3O3S2. The number of rotatable bonds is 6. The number of nitrogens with two attached hydrogens (primary N) is 1. The topological polar surface area (TPSA) is 92.5 Å². The van der Waals surface area contributed by atoms with Crippen LogP contribution in [0.3, 0.4) is 0 Å². The van der Waals surface area contributed by atoms with Crippen LogP contribution in [0.1, 0.15) is 34.1 Å². The molecule has 2 heterocycles. The molecule has 3 amide bonds. The van der Waals surface area contributed by atoms with Crippen LogP contribution in [0.4, 0.5) is 9.39 Å². The van der Waals surface area contributed by atoms with Crippen molar-refractivity contribution >= 4 is 45.8 Å². The van der Waals surface area contributed by atoms with Gasteiger partial charge in [-0.3, -0.25) is 14.4 Å². The number of thiophene rings is 1. The molecule has 0 saturated carbocycles. The molecular weight excluding hydrogens is 401 g/mol. The van der Waals surface area contributed by atoms with Crippen molar-refractivity contribution in [1.82, 2.24) is 4.90 Å².